The van der Waals surface area contributed by atoms with Gasteiger partial charge in [0.15, 0.2) is 0 Å². The lowest BCUT2D eigenvalue weighted by Crippen LogP contribution is -1.96. The minimum atomic E-state index is -0.468. The molecule has 0 heterocycles. The normalized spacial score (nSPS) is 10.8. The van der Waals surface area contributed by atoms with Crippen LogP contribution in [0, 0.1) is 11.9 Å². The van der Waals surface area contributed by atoms with Gasteiger partial charge in [-0.1, -0.05) is 24.6 Å². The molecular weight excluding hydrogens is 179 g/mol. The molecule has 0 saturated heterocycles. The zero-order valence-electron chi connectivity index (χ0n) is 6.64. The summed E-state index contributed by atoms with van der Waals surface area (Å²) in [7, 11) is 0. The lowest BCUT2D eigenvalue weighted by Gasteiger charge is -2.06. The van der Waals surface area contributed by atoms with Crippen LogP contribution in [0.2, 0.25) is 5.02 Å². The van der Waals surface area contributed by atoms with Gasteiger partial charge in [0.05, 0.1) is 5.02 Å². The van der Waals surface area contributed by atoms with E-state index in [9.17, 15) is 9.50 Å². The molecule has 65 valence electrons. The molecule has 1 N–H and O–H groups in total. The van der Waals surface area contributed by atoms with E-state index in [1.54, 1.807) is 0 Å². The number of aliphatic hydroxyl groups excluding tert-OH is 1. The molecule has 1 radical (unpaired) electrons. The van der Waals surface area contributed by atoms with Crippen LogP contribution in [0.25, 0.3) is 0 Å². The van der Waals surface area contributed by atoms with Gasteiger partial charge in [-0.15, -0.1) is 0 Å². The Labute approximate surface area is 75.8 Å². The van der Waals surface area contributed by atoms with Crippen molar-refractivity contribution in [3.63, 3.8) is 0 Å². The average Bonchev–Trinajstić information content (AvgIpc) is 2.08. The van der Waals surface area contributed by atoms with Crippen LogP contribution in [-0.2, 0) is 0 Å². The minimum absolute atomic E-state index is 0.0347. The summed E-state index contributed by atoms with van der Waals surface area (Å²) in [5, 5.41) is 9.31. The zero-order valence-corrected chi connectivity index (χ0v) is 7.40. The Bertz CT molecular complexity index is 275. The van der Waals surface area contributed by atoms with Crippen LogP contribution < -0.4 is 0 Å². The maximum Gasteiger partial charge on any atom is 0.141 e. The third-order valence-corrected chi connectivity index (χ3v) is 1.88. The summed E-state index contributed by atoms with van der Waals surface area (Å²) in [5.74, 6) is -0.468. The molecule has 1 rings (SSSR count). The molecule has 1 aromatic carbocycles. The molecule has 0 aliphatic carbocycles. The quantitative estimate of drug-likeness (QED) is 0.754. The van der Waals surface area contributed by atoms with Crippen molar-refractivity contribution in [2.75, 3.05) is 0 Å². The summed E-state index contributed by atoms with van der Waals surface area (Å²) in [4.78, 5) is 0. The second kappa shape index (κ2) is 3.87. The molecule has 1 nitrogen and oxygen atoms in total. The van der Waals surface area contributed by atoms with Crippen LogP contribution in [-0.4, -0.2) is 5.11 Å². The van der Waals surface area contributed by atoms with Crippen molar-refractivity contribution in [3.8, 4) is 0 Å². The minimum Gasteiger partial charge on any atom is -0.382 e. The molecule has 0 atom stereocenters. The number of benzene rings is 1. The van der Waals surface area contributed by atoms with E-state index in [4.69, 9.17) is 11.6 Å². The van der Waals surface area contributed by atoms with E-state index in [0.717, 1.165) is 0 Å². The highest BCUT2D eigenvalue weighted by Gasteiger charge is 2.08. The van der Waals surface area contributed by atoms with Crippen molar-refractivity contribution < 1.29 is 9.50 Å². The Hall–Kier alpha value is -0.600. The van der Waals surface area contributed by atoms with Gasteiger partial charge in [-0.25, -0.2) is 4.39 Å². The second-order valence-electron chi connectivity index (χ2n) is 2.43. The van der Waals surface area contributed by atoms with Crippen LogP contribution in [0.5, 0.6) is 0 Å². The first kappa shape index (κ1) is 9.49. The van der Waals surface area contributed by atoms with E-state index in [1.165, 1.54) is 18.2 Å². The van der Waals surface area contributed by atoms with E-state index in [2.05, 4.69) is 0 Å². The van der Waals surface area contributed by atoms with Crippen LogP contribution in [0.1, 0.15) is 18.9 Å². The maximum atomic E-state index is 12.6. The fourth-order valence-electron chi connectivity index (χ4n) is 0.880. The van der Waals surface area contributed by atoms with Gasteiger partial charge < -0.3 is 5.11 Å². The van der Waals surface area contributed by atoms with Crippen molar-refractivity contribution in [2.45, 2.75) is 13.3 Å². The summed E-state index contributed by atoms with van der Waals surface area (Å²) in [6, 6.07) is 4.15. The van der Waals surface area contributed by atoms with Gasteiger partial charge in [0.25, 0.3) is 0 Å². The van der Waals surface area contributed by atoms with Crippen molar-refractivity contribution in [3.05, 3.63) is 40.7 Å². The monoisotopic (exact) mass is 187 g/mol. The van der Waals surface area contributed by atoms with Crippen molar-refractivity contribution in [1.29, 1.82) is 0 Å². The Morgan fingerprint density at radius 3 is 2.75 bits per heavy atom. The molecule has 1 aromatic rings. The van der Waals surface area contributed by atoms with Crippen molar-refractivity contribution in [1.82, 2.24) is 0 Å². The Balaban J connectivity index is 2.96. The van der Waals surface area contributed by atoms with E-state index in [1.807, 2.05) is 6.92 Å². The van der Waals surface area contributed by atoms with Gasteiger partial charge >= 0.3 is 0 Å². The van der Waals surface area contributed by atoms with Crippen LogP contribution >= 0.6 is 11.6 Å². The summed E-state index contributed by atoms with van der Waals surface area (Å²) in [6.07, 6.45) is 0.735. The largest absolute Gasteiger partial charge is 0.382 e. The molecule has 0 fully saturated rings. The van der Waals surface area contributed by atoms with Crippen molar-refractivity contribution in [2.24, 2.45) is 0 Å². The molecule has 0 aromatic heterocycles. The third-order valence-electron chi connectivity index (χ3n) is 1.59. The van der Waals surface area contributed by atoms with E-state index >= 15 is 0 Å². The molecule has 0 saturated carbocycles. The summed E-state index contributed by atoms with van der Waals surface area (Å²) >= 11 is 5.52. The average molecular weight is 188 g/mol. The highest BCUT2D eigenvalue weighted by molar-refractivity contribution is 6.30. The molecule has 0 aliphatic heterocycles. The van der Waals surface area contributed by atoms with E-state index < -0.39 is 5.82 Å². The molecule has 0 spiro atoms. The van der Waals surface area contributed by atoms with E-state index in [0.29, 0.717) is 12.0 Å². The Morgan fingerprint density at radius 2 is 2.25 bits per heavy atom. The summed E-state index contributed by atoms with van der Waals surface area (Å²) in [6.45, 7) is 1.81. The van der Waals surface area contributed by atoms with Gasteiger partial charge in [0.1, 0.15) is 11.9 Å². The number of rotatable bonds is 2. The Kier molecular flexibility index (Phi) is 3.06. The van der Waals surface area contributed by atoms with Crippen LogP contribution in [0.3, 0.4) is 0 Å². The maximum absolute atomic E-state index is 12.6. The van der Waals surface area contributed by atoms with Gasteiger partial charge in [-0.2, -0.15) is 0 Å². The summed E-state index contributed by atoms with van der Waals surface area (Å²) in [5.41, 5.74) is 0.573. The van der Waals surface area contributed by atoms with Crippen LogP contribution in [0.15, 0.2) is 18.2 Å². The predicted octanol–water partition coefficient (Wildman–Crippen LogP) is 3.14. The lowest BCUT2D eigenvalue weighted by molar-refractivity contribution is 0.318. The van der Waals surface area contributed by atoms with Gasteiger partial charge in [-0.05, 0) is 24.1 Å². The van der Waals surface area contributed by atoms with Crippen LogP contribution in [0.4, 0.5) is 4.39 Å². The lowest BCUT2D eigenvalue weighted by atomic mass is 10.1. The number of hydrogen-bond donors (Lipinski definition) is 1. The molecule has 0 aliphatic rings. The molecule has 3 heteroatoms. The number of hydrogen-bond acceptors (Lipinski definition) is 1. The van der Waals surface area contributed by atoms with Gasteiger partial charge in [0, 0.05) is 0 Å². The fraction of sp³-hybridized carbons (Fsp3) is 0.222. The fourth-order valence-corrected chi connectivity index (χ4v) is 1.06. The molecular formula is C9H9ClFO. The smallest absolute Gasteiger partial charge is 0.141 e. The molecule has 0 unspecified atom stereocenters. The first-order valence-electron chi connectivity index (χ1n) is 3.65. The number of aliphatic hydroxyl groups is 1. The molecule has 0 bridgehead atoms. The first-order valence-corrected chi connectivity index (χ1v) is 4.03. The molecule has 12 heavy (non-hydrogen) atoms. The molecule has 0 amide bonds. The van der Waals surface area contributed by atoms with E-state index in [-0.39, 0.29) is 11.1 Å². The topological polar surface area (TPSA) is 20.2 Å². The predicted molar refractivity (Wildman–Crippen MR) is 46.0 cm³/mol. The van der Waals surface area contributed by atoms with Crippen molar-refractivity contribution >= 4 is 11.6 Å². The first-order chi connectivity index (χ1) is 5.65. The third kappa shape index (κ3) is 1.96. The number of halogens is 2. The highest BCUT2D eigenvalue weighted by Crippen LogP contribution is 2.21. The SMILES string of the molecule is CC[C](O)c1ccc(F)c(Cl)c1. The Morgan fingerprint density at radius 1 is 1.58 bits per heavy atom. The highest BCUT2D eigenvalue weighted by atomic mass is 35.5. The second-order valence-corrected chi connectivity index (χ2v) is 2.84. The standard InChI is InChI=1S/C9H9ClFO/c1-2-9(12)6-3-4-8(11)7(10)5-6/h3-5,12H,2H2,1H3. The zero-order chi connectivity index (χ0) is 9.14. The summed E-state index contributed by atoms with van der Waals surface area (Å²) < 4.78 is 12.6. The van der Waals surface area contributed by atoms with Gasteiger partial charge in [0.2, 0.25) is 0 Å². The van der Waals surface area contributed by atoms with Gasteiger partial charge in [-0.3, -0.25) is 0 Å².